The highest BCUT2D eigenvalue weighted by atomic mass is 32.2. The molecule has 0 spiro atoms. The van der Waals surface area contributed by atoms with Crippen molar-refractivity contribution in [2.24, 2.45) is 0 Å². The van der Waals surface area contributed by atoms with E-state index in [-0.39, 0.29) is 24.0 Å². The van der Waals surface area contributed by atoms with Gasteiger partial charge in [-0.05, 0) is 42.2 Å². The van der Waals surface area contributed by atoms with Crippen molar-refractivity contribution in [3.8, 4) is 5.75 Å². The Hall–Kier alpha value is -2.64. The van der Waals surface area contributed by atoms with E-state index in [9.17, 15) is 14.7 Å². The summed E-state index contributed by atoms with van der Waals surface area (Å²) in [6.45, 7) is 2.49. The van der Waals surface area contributed by atoms with E-state index in [1.165, 1.54) is 29.5 Å². The number of aryl methyl sites for hydroxylation is 1. The number of hydrogen-bond donors (Lipinski definition) is 2. The van der Waals surface area contributed by atoms with Gasteiger partial charge in [0, 0.05) is 24.7 Å². The number of carbonyl (C=O) groups excluding carboxylic acids is 2. The van der Waals surface area contributed by atoms with Crippen molar-refractivity contribution in [3.05, 3.63) is 64.6 Å². The minimum Gasteiger partial charge on any atom is -0.508 e. The Morgan fingerprint density at radius 3 is 2.69 bits per heavy atom. The fraction of sp³-hybridized carbons (Fsp3) is 0.227. The molecule has 1 aliphatic heterocycles. The number of hydrogen-bond acceptors (Lipinski definition) is 5. The molecule has 0 atom stereocenters. The standard InChI is InChI=1S/C22H22N2O3S2/c1-2-15-8-10-16(11-9-15)13-19-21(27)24(22(28)29-19)12-4-7-20(26)23-17-5-3-6-18(25)14-17/h3,5-6,8-11,13-14,25H,2,4,7,12H2,1H3,(H,23,26)/b19-13+. The molecular weight excluding hydrogens is 404 g/mol. The normalized spacial score (nSPS) is 15.2. The van der Waals surface area contributed by atoms with Gasteiger partial charge in [0.2, 0.25) is 5.91 Å². The number of anilines is 1. The van der Waals surface area contributed by atoms with Crippen molar-refractivity contribution in [1.29, 1.82) is 0 Å². The number of phenolic OH excluding ortho intramolecular Hbond substituents is 1. The highest BCUT2D eigenvalue weighted by Crippen LogP contribution is 2.32. The second-order valence-corrected chi connectivity index (χ2v) is 8.31. The third-order valence-corrected chi connectivity index (χ3v) is 5.85. The minimum absolute atomic E-state index is 0.0940. The molecule has 3 rings (SSSR count). The number of rotatable bonds is 7. The van der Waals surface area contributed by atoms with Crippen LogP contribution in [0.1, 0.15) is 30.9 Å². The van der Waals surface area contributed by atoms with Crippen LogP contribution in [0.15, 0.2) is 53.4 Å². The lowest BCUT2D eigenvalue weighted by Gasteiger charge is -2.14. The van der Waals surface area contributed by atoms with Gasteiger partial charge in [-0.15, -0.1) is 0 Å². The van der Waals surface area contributed by atoms with Crippen LogP contribution in [-0.2, 0) is 16.0 Å². The molecule has 0 radical (unpaired) electrons. The van der Waals surface area contributed by atoms with Gasteiger partial charge >= 0.3 is 0 Å². The Kier molecular flexibility index (Phi) is 7.06. The third kappa shape index (κ3) is 5.68. The van der Waals surface area contributed by atoms with Crippen LogP contribution in [0.25, 0.3) is 6.08 Å². The first kappa shape index (κ1) is 21.1. The van der Waals surface area contributed by atoms with Gasteiger partial charge < -0.3 is 10.4 Å². The van der Waals surface area contributed by atoms with Crippen molar-refractivity contribution in [2.45, 2.75) is 26.2 Å². The molecule has 150 valence electrons. The monoisotopic (exact) mass is 426 g/mol. The molecule has 5 nitrogen and oxygen atoms in total. The van der Waals surface area contributed by atoms with E-state index in [1.807, 2.05) is 18.2 Å². The fourth-order valence-corrected chi connectivity index (χ4v) is 4.21. The molecule has 1 heterocycles. The smallest absolute Gasteiger partial charge is 0.266 e. The van der Waals surface area contributed by atoms with E-state index < -0.39 is 0 Å². The lowest BCUT2D eigenvalue weighted by Crippen LogP contribution is -2.29. The fourth-order valence-electron chi connectivity index (χ4n) is 2.90. The Morgan fingerprint density at radius 2 is 2.00 bits per heavy atom. The summed E-state index contributed by atoms with van der Waals surface area (Å²) in [5.41, 5.74) is 2.75. The number of amides is 2. The largest absolute Gasteiger partial charge is 0.508 e. The molecule has 2 N–H and O–H groups in total. The van der Waals surface area contributed by atoms with Crippen molar-refractivity contribution in [2.75, 3.05) is 11.9 Å². The maximum atomic E-state index is 12.7. The van der Waals surface area contributed by atoms with E-state index in [0.29, 0.717) is 27.9 Å². The van der Waals surface area contributed by atoms with Gasteiger partial charge in [-0.3, -0.25) is 14.5 Å². The quantitative estimate of drug-likeness (QED) is 0.501. The number of nitrogens with one attached hydrogen (secondary N) is 1. The molecule has 1 saturated heterocycles. The molecule has 2 amide bonds. The molecule has 1 fully saturated rings. The molecule has 0 unspecified atom stereocenters. The summed E-state index contributed by atoms with van der Waals surface area (Å²) >= 11 is 6.64. The van der Waals surface area contributed by atoms with Crippen molar-refractivity contribution < 1.29 is 14.7 Å². The van der Waals surface area contributed by atoms with Gasteiger partial charge in [-0.1, -0.05) is 61.2 Å². The van der Waals surface area contributed by atoms with E-state index >= 15 is 0 Å². The van der Waals surface area contributed by atoms with E-state index in [4.69, 9.17) is 12.2 Å². The Morgan fingerprint density at radius 1 is 1.24 bits per heavy atom. The second-order valence-electron chi connectivity index (χ2n) is 6.63. The molecule has 0 saturated carbocycles. The first-order valence-electron chi connectivity index (χ1n) is 9.39. The Bertz CT molecular complexity index is 955. The number of thiocarbonyl (C=S) groups is 1. The van der Waals surface area contributed by atoms with Crippen LogP contribution < -0.4 is 5.32 Å². The SMILES string of the molecule is CCc1ccc(/C=C2/SC(=S)N(CCCC(=O)Nc3cccc(O)c3)C2=O)cc1. The average molecular weight is 427 g/mol. The molecule has 7 heteroatoms. The molecule has 2 aromatic carbocycles. The number of thioether (sulfide) groups is 1. The second kappa shape index (κ2) is 9.71. The van der Waals surface area contributed by atoms with Gasteiger partial charge in [0.05, 0.1) is 4.91 Å². The topological polar surface area (TPSA) is 69.6 Å². The van der Waals surface area contributed by atoms with Crippen LogP contribution >= 0.6 is 24.0 Å². The first-order valence-corrected chi connectivity index (χ1v) is 10.6. The van der Waals surface area contributed by atoms with Crippen LogP contribution in [-0.4, -0.2) is 32.7 Å². The number of phenols is 1. The predicted octanol–water partition coefficient (Wildman–Crippen LogP) is 4.57. The van der Waals surface area contributed by atoms with Gasteiger partial charge in [-0.25, -0.2) is 0 Å². The summed E-state index contributed by atoms with van der Waals surface area (Å²) < 4.78 is 0.514. The highest BCUT2D eigenvalue weighted by Gasteiger charge is 2.31. The third-order valence-electron chi connectivity index (χ3n) is 4.47. The summed E-state index contributed by atoms with van der Waals surface area (Å²) in [6, 6.07) is 14.5. The van der Waals surface area contributed by atoms with Gasteiger partial charge in [0.15, 0.2) is 0 Å². The van der Waals surface area contributed by atoms with Crippen molar-refractivity contribution in [1.82, 2.24) is 4.90 Å². The van der Waals surface area contributed by atoms with Gasteiger partial charge in [0.25, 0.3) is 5.91 Å². The van der Waals surface area contributed by atoms with Crippen LogP contribution in [0.3, 0.4) is 0 Å². The maximum absolute atomic E-state index is 12.7. The summed E-state index contributed by atoms with van der Waals surface area (Å²) in [6.07, 6.45) is 3.58. The highest BCUT2D eigenvalue weighted by molar-refractivity contribution is 8.26. The number of aromatic hydroxyl groups is 1. The lowest BCUT2D eigenvalue weighted by atomic mass is 10.1. The first-order chi connectivity index (χ1) is 14.0. The summed E-state index contributed by atoms with van der Waals surface area (Å²) in [5.74, 6) is -0.197. The zero-order valence-electron chi connectivity index (χ0n) is 16.1. The van der Waals surface area contributed by atoms with Crippen LogP contribution in [0.2, 0.25) is 0 Å². The molecule has 0 aromatic heterocycles. The molecule has 1 aliphatic rings. The molecule has 0 aliphatic carbocycles. The van der Waals surface area contributed by atoms with E-state index in [2.05, 4.69) is 24.4 Å². The average Bonchev–Trinajstić information content (AvgIpc) is 2.96. The van der Waals surface area contributed by atoms with E-state index in [1.54, 1.807) is 17.0 Å². The maximum Gasteiger partial charge on any atom is 0.266 e. The number of carbonyl (C=O) groups is 2. The molecule has 2 aromatic rings. The summed E-state index contributed by atoms with van der Waals surface area (Å²) in [4.78, 5) is 26.9. The zero-order chi connectivity index (χ0) is 20.8. The van der Waals surface area contributed by atoms with Crippen molar-refractivity contribution in [3.63, 3.8) is 0 Å². The number of nitrogens with zero attached hydrogens (tertiary/aromatic N) is 1. The molecule has 0 bridgehead atoms. The zero-order valence-corrected chi connectivity index (χ0v) is 17.7. The van der Waals surface area contributed by atoms with Crippen molar-refractivity contribution >= 4 is 51.9 Å². The number of benzene rings is 2. The van der Waals surface area contributed by atoms with Gasteiger partial charge in [-0.2, -0.15) is 0 Å². The summed E-state index contributed by atoms with van der Waals surface area (Å²) in [7, 11) is 0. The lowest BCUT2D eigenvalue weighted by molar-refractivity contribution is -0.122. The minimum atomic E-state index is -0.174. The Labute approximate surface area is 179 Å². The van der Waals surface area contributed by atoms with Crippen LogP contribution in [0.5, 0.6) is 5.75 Å². The van der Waals surface area contributed by atoms with Gasteiger partial charge in [0.1, 0.15) is 10.1 Å². The predicted molar refractivity (Wildman–Crippen MR) is 122 cm³/mol. The van der Waals surface area contributed by atoms with Crippen LogP contribution in [0, 0.1) is 0 Å². The Balaban J connectivity index is 1.53. The molecule has 29 heavy (non-hydrogen) atoms. The van der Waals surface area contributed by atoms with Crippen LogP contribution in [0.4, 0.5) is 5.69 Å². The molecular formula is C22H22N2O3S2. The summed E-state index contributed by atoms with van der Waals surface area (Å²) in [5, 5.41) is 12.2. The van der Waals surface area contributed by atoms with E-state index in [0.717, 1.165) is 12.0 Å².